The molecule has 3 N–H and O–H groups in total. The third-order valence-corrected chi connectivity index (χ3v) is 3.13. The van der Waals surface area contributed by atoms with Crippen LogP contribution in [0.2, 0.25) is 0 Å². The lowest BCUT2D eigenvalue weighted by molar-refractivity contribution is 0.0636. The number of aryl methyl sites for hydroxylation is 1. The molecule has 0 radical (unpaired) electrons. The smallest absolute Gasteiger partial charge is 0.413 e. The van der Waals surface area contributed by atoms with Crippen molar-refractivity contribution in [2.75, 3.05) is 5.32 Å². The van der Waals surface area contributed by atoms with Crippen molar-refractivity contribution < 1.29 is 9.53 Å². The Morgan fingerprint density at radius 3 is 2.53 bits per heavy atom. The summed E-state index contributed by atoms with van der Waals surface area (Å²) in [6, 6.07) is -0.0818. The number of nitrogens with zero attached hydrogens (tertiary/aromatic N) is 1. The van der Waals surface area contributed by atoms with Crippen LogP contribution < -0.4 is 11.1 Å². The molecule has 0 spiro atoms. The highest BCUT2D eigenvalue weighted by Crippen LogP contribution is 2.27. The molecule has 0 aliphatic rings. The SMILES string of the molecule is Cc1nc(NC(=O)OC(C)(C)C)sc1C(C)N. The van der Waals surface area contributed by atoms with Crippen molar-refractivity contribution in [2.45, 2.75) is 46.3 Å². The third kappa shape index (κ3) is 4.32. The van der Waals surface area contributed by atoms with Crippen LogP contribution in [0, 0.1) is 6.92 Å². The molecule has 1 unspecified atom stereocenters. The predicted molar refractivity (Wildman–Crippen MR) is 69.3 cm³/mol. The van der Waals surface area contributed by atoms with E-state index in [9.17, 15) is 4.79 Å². The standard InChI is InChI=1S/C11H19N3O2S/c1-6(12)8-7(2)13-9(17-8)14-10(15)16-11(3,4)5/h6H,12H2,1-5H3,(H,13,14,15). The fourth-order valence-corrected chi connectivity index (χ4v) is 2.18. The first kappa shape index (κ1) is 13.9. The Morgan fingerprint density at radius 2 is 2.12 bits per heavy atom. The molecule has 1 atom stereocenters. The van der Waals surface area contributed by atoms with Crippen molar-refractivity contribution in [3.05, 3.63) is 10.6 Å². The number of carbonyl (C=O) groups is 1. The molecule has 0 aliphatic carbocycles. The molecule has 0 aliphatic heterocycles. The topological polar surface area (TPSA) is 77.2 Å². The van der Waals surface area contributed by atoms with Crippen LogP contribution in [-0.2, 0) is 4.74 Å². The maximum atomic E-state index is 11.5. The highest BCUT2D eigenvalue weighted by Gasteiger charge is 2.18. The molecule has 1 heterocycles. The Labute approximate surface area is 105 Å². The van der Waals surface area contributed by atoms with Gasteiger partial charge in [0.15, 0.2) is 5.13 Å². The van der Waals surface area contributed by atoms with Gasteiger partial charge in [0.1, 0.15) is 5.60 Å². The number of ether oxygens (including phenoxy) is 1. The van der Waals surface area contributed by atoms with Gasteiger partial charge in [0.05, 0.1) is 5.69 Å². The van der Waals surface area contributed by atoms with Crippen LogP contribution in [0.5, 0.6) is 0 Å². The maximum absolute atomic E-state index is 11.5. The van der Waals surface area contributed by atoms with E-state index in [1.54, 1.807) is 0 Å². The third-order valence-electron chi connectivity index (χ3n) is 1.85. The Bertz CT molecular complexity index is 407. The van der Waals surface area contributed by atoms with Gasteiger partial charge >= 0.3 is 6.09 Å². The van der Waals surface area contributed by atoms with E-state index in [4.69, 9.17) is 10.5 Å². The molecule has 1 aromatic heterocycles. The Balaban J connectivity index is 2.70. The molecular formula is C11H19N3O2S. The molecule has 1 rings (SSSR count). The number of carbonyl (C=O) groups excluding carboxylic acids is 1. The van der Waals surface area contributed by atoms with Crippen molar-refractivity contribution in [2.24, 2.45) is 5.73 Å². The number of rotatable bonds is 2. The predicted octanol–water partition coefficient (Wildman–Crippen LogP) is 2.82. The monoisotopic (exact) mass is 257 g/mol. The average Bonchev–Trinajstić information content (AvgIpc) is 2.42. The summed E-state index contributed by atoms with van der Waals surface area (Å²) in [5.41, 5.74) is 6.12. The second-order valence-corrected chi connectivity index (χ2v) is 5.91. The van der Waals surface area contributed by atoms with Gasteiger partial charge in [0.2, 0.25) is 0 Å². The van der Waals surface area contributed by atoms with Gasteiger partial charge in [-0.3, -0.25) is 5.32 Å². The molecule has 1 aromatic rings. The molecule has 0 aromatic carbocycles. The minimum absolute atomic E-state index is 0.0818. The van der Waals surface area contributed by atoms with Crippen LogP contribution in [0.15, 0.2) is 0 Å². The Hall–Kier alpha value is -1.14. The van der Waals surface area contributed by atoms with Crippen LogP contribution in [0.25, 0.3) is 0 Å². The molecule has 17 heavy (non-hydrogen) atoms. The van der Waals surface area contributed by atoms with Gasteiger partial charge in [-0.2, -0.15) is 0 Å². The molecular weight excluding hydrogens is 238 g/mol. The number of nitrogens with one attached hydrogen (secondary N) is 1. The Morgan fingerprint density at radius 1 is 1.53 bits per heavy atom. The number of nitrogens with two attached hydrogens (primary N) is 1. The average molecular weight is 257 g/mol. The summed E-state index contributed by atoms with van der Waals surface area (Å²) >= 11 is 1.37. The normalized spacial score (nSPS) is 13.3. The van der Waals surface area contributed by atoms with Gasteiger partial charge in [-0.1, -0.05) is 11.3 Å². The summed E-state index contributed by atoms with van der Waals surface area (Å²) in [6.07, 6.45) is -0.498. The Kier molecular flexibility index (Phi) is 4.11. The minimum atomic E-state index is -0.514. The summed E-state index contributed by atoms with van der Waals surface area (Å²) < 4.78 is 5.14. The van der Waals surface area contributed by atoms with Gasteiger partial charge in [0.25, 0.3) is 0 Å². The van der Waals surface area contributed by atoms with Crippen LogP contribution in [0.4, 0.5) is 9.93 Å². The van der Waals surface area contributed by atoms with E-state index in [-0.39, 0.29) is 6.04 Å². The summed E-state index contributed by atoms with van der Waals surface area (Å²) in [5.74, 6) is 0. The van der Waals surface area contributed by atoms with E-state index in [1.165, 1.54) is 11.3 Å². The number of aromatic nitrogens is 1. The zero-order chi connectivity index (χ0) is 13.2. The number of amides is 1. The lowest BCUT2D eigenvalue weighted by Crippen LogP contribution is -2.27. The molecule has 0 saturated heterocycles. The van der Waals surface area contributed by atoms with E-state index in [0.29, 0.717) is 5.13 Å². The lowest BCUT2D eigenvalue weighted by Gasteiger charge is -2.18. The maximum Gasteiger partial charge on any atom is 0.413 e. The highest BCUT2D eigenvalue weighted by atomic mass is 32.1. The second kappa shape index (κ2) is 5.01. The highest BCUT2D eigenvalue weighted by molar-refractivity contribution is 7.16. The quantitative estimate of drug-likeness (QED) is 0.854. The first-order valence-corrected chi connectivity index (χ1v) is 6.23. The summed E-state index contributed by atoms with van der Waals surface area (Å²) in [7, 11) is 0. The number of hydrogen-bond acceptors (Lipinski definition) is 5. The first-order chi connectivity index (χ1) is 7.69. The first-order valence-electron chi connectivity index (χ1n) is 5.42. The van der Waals surface area contributed by atoms with Crippen LogP contribution in [0.1, 0.15) is 44.3 Å². The van der Waals surface area contributed by atoms with Crippen molar-refractivity contribution in [1.82, 2.24) is 4.98 Å². The van der Waals surface area contributed by atoms with E-state index in [0.717, 1.165) is 10.6 Å². The van der Waals surface area contributed by atoms with Gasteiger partial charge < -0.3 is 10.5 Å². The minimum Gasteiger partial charge on any atom is -0.444 e. The van der Waals surface area contributed by atoms with E-state index < -0.39 is 11.7 Å². The van der Waals surface area contributed by atoms with Crippen LogP contribution in [0.3, 0.4) is 0 Å². The lowest BCUT2D eigenvalue weighted by atomic mass is 10.2. The zero-order valence-electron chi connectivity index (χ0n) is 10.8. The zero-order valence-corrected chi connectivity index (χ0v) is 11.6. The molecule has 5 nitrogen and oxygen atoms in total. The van der Waals surface area contributed by atoms with E-state index >= 15 is 0 Å². The molecule has 96 valence electrons. The van der Waals surface area contributed by atoms with Crippen molar-refractivity contribution in [3.63, 3.8) is 0 Å². The summed E-state index contributed by atoms with van der Waals surface area (Å²) in [6.45, 7) is 9.19. The van der Waals surface area contributed by atoms with Crippen molar-refractivity contribution in [3.8, 4) is 0 Å². The van der Waals surface area contributed by atoms with Crippen molar-refractivity contribution in [1.29, 1.82) is 0 Å². The summed E-state index contributed by atoms with van der Waals surface area (Å²) in [5, 5.41) is 3.12. The fourth-order valence-electron chi connectivity index (χ4n) is 1.28. The molecule has 0 saturated carbocycles. The number of anilines is 1. The van der Waals surface area contributed by atoms with E-state index in [1.807, 2.05) is 34.6 Å². The van der Waals surface area contributed by atoms with Crippen molar-refractivity contribution >= 4 is 22.6 Å². The fraction of sp³-hybridized carbons (Fsp3) is 0.636. The largest absolute Gasteiger partial charge is 0.444 e. The van der Waals surface area contributed by atoms with Gasteiger partial charge in [-0.05, 0) is 34.6 Å². The second-order valence-electron chi connectivity index (χ2n) is 4.88. The van der Waals surface area contributed by atoms with Gasteiger partial charge in [-0.25, -0.2) is 9.78 Å². The molecule has 6 heteroatoms. The van der Waals surface area contributed by atoms with Gasteiger partial charge in [-0.15, -0.1) is 0 Å². The molecule has 0 bridgehead atoms. The summed E-state index contributed by atoms with van der Waals surface area (Å²) in [4.78, 5) is 16.7. The number of thiazole rings is 1. The van der Waals surface area contributed by atoms with Crippen LogP contribution in [-0.4, -0.2) is 16.7 Å². The number of hydrogen-bond donors (Lipinski definition) is 2. The molecule has 1 amide bonds. The van der Waals surface area contributed by atoms with Crippen LogP contribution >= 0.6 is 11.3 Å². The van der Waals surface area contributed by atoms with Gasteiger partial charge in [0, 0.05) is 10.9 Å². The van der Waals surface area contributed by atoms with E-state index in [2.05, 4.69) is 10.3 Å². The molecule has 0 fully saturated rings.